The average Bonchev–Trinajstić information content (AvgIpc) is 2.89. The van der Waals surface area contributed by atoms with Crippen LogP contribution < -0.4 is 9.34 Å². The minimum atomic E-state index is -0.155. The van der Waals surface area contributed by atoms with Gasteiger partial charge >= 0.3 is 0 Å². The fourth-order valence-corrected chi connectivity index (χ4v) is 13.8. The van der Waals surface area contributed by atoms with Crippen molar-refractivity contribution in [1.29, 1.82) is 0 Å². The van der Waals surface area contributed by atoms with Crippen molar-refractivity contribution in [2.45, 2.75) is 106 Å². The van der Waals surface area contributed by atoms with Gasteiger partial charge in [-0.25, -0.2) is 9.34 Å². The average molecular weight is 333 g/mol. The van der Waals surface area contributed by atoms with Gasteiger partial charge in [-0.1, -0.05) is 0 Å². The highest BCUT2D eigenvalue weighted by atomic mass is 31.9. The first-order valence-electron chi connectivity index (χ1n) is 8.38. The number of hydrogen-bond donors (Lipinski definition) is 0. The van der Waals surface area contributed by atoms with E-state index in [0.717, 1.165) is 0 Å². The number of aromatic nitrogens is 1. The predicted octanol–water partition coefficient (Wildman–Crippen LogP) is 5.73. The molecule has 3 nitrogen and oxygen atoms in total. The molecule has 1 aromatic rings. The molecular weight excluding hydrogens is 296 g/mol. The maximum Gasteiger partial charge on any atom is 0.0822 e. The summed E-state index contributed by atoms with van der Waals surface area (Å²) in [6, 6.07) is 2.48. The lowest BCUT2D eigenvalue weighted by atomic mass is 10.1. The zero-order valence-electron chi connectivity index (χ0n) is 16.0. The van der Waals surface area contributed by atoms with Gasteiger partial charge in [0.15, 0.2) is 0 Å². The summed E-state index contributed by atoms with van der Waals surface area (Å²) in [7, 11) is -0.309. The standard InChI is InChI=1S/C16H37N3P2/c1-12(2)17(13(3)4)20-19(16(9,10)11)21(20)18(14(5)6)15(7)8/h12-15H,1-11H3. The maximum atomic E-state index is 2.82. The van der Waals surface area contributed by atoms with Crippen molar-refractivity contribution in [2.75, 3.05) is 9.34 Å². The lowest BCUT2D eigenvalue weighted by Gasteiger charge is -2.29. The van der Waals surface area contributed by atoms with Gasteiger partial charge in [0.25, 0.3) is 0 Å². The third kappa shape index (κ3) is 4.20. The van der Waals surface area contributed by atoms with E-state index in [1.807, 2.05) is 0 Å². The predicted molar refractivity (Wildman–Crippen MR) is 102 cm³/mol. The maximum absolute atomic E-state index is 2.82. The van der Waals surface area contributed by atoms with E-state index >= 15 is 0 Å². The van der Waals surface area contributed by atoms with Crippen LogP contribution >= 0.6 is 15.0 Å². The van der Waals surface area contributed by atoms with Crippen LogP contribution in [0.5, 0.6) is 0 Å². The van der Waals surface area contributed by atoms with Crippen molar-refractivity contribution in [3.63, 3.8) is 0 Å². The molecule has 126 valence electrons. The molecule has 0 saturated carbocycles. The van der Waals surface area contributed by atoms with E-state index < -0.39 is 0 Å². The second-order valence-corrected chi connectivity index (χ2v) is 13.4. The molecule has 0 saturated heterocycles. The summed E-state index contributed by atoms with van der Waals surface area (Å²) in [6.07, 6.45) is 0. The third-order valence-corrected chi connectivity index (χ3v) is 11.9. The lowest BCUT2D eigenvalue weighted by molar-refractivity contribution is 0.457. The van der Waals surface area contributed by atoms with Crippen molar-refractivity contribution < 1.29 is 0 Å². The van der Waals surface area contributed by atoms with Gasteiger partial charge in [-0.2, -0.15) is 0 Å². The second-order valence-electron chi connectivity index (χ2n) is 8.13. The van der Waals surface area contributed by atoms with Crippen LogP contribution in [0.1, 0.15) is 76.2 Å². The molecule has 1 heterocycles. The van der Waals surface area contributed by atoms with Gasteiger partial charge < -0.3 is 0 Å². The van der Waals surface area contributed by atoms with E-state index in [4.69, 9.17) is 0 Å². The molecule has 0 spiro atoms. The van der Waals surface area contributed by atoms with Crippen LogP contribution in [-0.4, -0.2) is 28.3 Å². The van der Waals surface area contributed by atoms with Gasteiger partial charge in [-0.05, 0) is 76.2 Å². The molecule has 0 aliphatic heterocycles. The molecule has 0 aliphatic rings. The summed E-state index contributed by atoms with van der Waals surface area (Å²) in [5, 5.41) is 0. The highest BCUT2D eigenvalue weighted by Gasteiger charge is 2.40. The molecule has 5 heteroatoms. The molecule has 21 heavy (non-hydrogen) atoms. The molecular formula is C16H37N3P2. The Hall–Kier alpha value is 0.320. The van der Waals surface area contributed by atoms with Gasteiger partial charge in [-0.15, -0.1) is 0 Å². The van der Waals surface area contributed by atoms with E-state index in [0.29, 0.717) is 24.2 Å². The van der Waals surface area contributed by atoms with Crippen LogP contribution in [0.2, 0.25) is 0 Å². The zero-order chi connectivity index (χ0) is 16.7. The van der Waals surface area contributed by atoms with Crippen molar-refractivity contribution in [2.24, 2.45) is 0 Å². The van der Waals surface area contributed by atoms with Crippen LogP contribution in [0.25, 0.3) is 0 Å². The van der Waals surface area contributed by atoms with Crippen LogP contribution in [0.15, 0.2) is 0 Å². The number of nitrogens with zero attached hydrogens (tertiary/aromatic N) is 3. The Kier molecular flexibility index (Phi) is 6.30. The Labute approximate surface area is 134 Å². The second kappa shape index (κ2) is 6.83. The van der Waals surface area contributed by atoms with Crippen molar-refractivity contribution in [1.82, 2.24) is 4.09 Å². The van der Waals surface area contributed by atoms with E-state index in [1.165, 1.54) is 0 Å². The summed E-state index contributed by atoms with van der Waals surface area (Å²) in [6.45, 7) is 25.9. The van der Waals surface area contributed by atoms with Crippen molar-refractivity contribution in [3.05, 3.63) is 0 Å². The summed E-state index contributed by atoms with van der Waals surface area (Å²) < 4.78 is 8.35. The molecule has 0 fully saturated rings. The minimum absolute atomic E-state index is 0.155. The molecule has 0 amide bonds. The molecule has 0 N–H and O–H groups in total. The van der Waals surface area contributed by atoms with Crippen LogP contribution in [0.4, 0.5) is 0 Å². The zero-order valence-corrected chi connectivity index (χ0v) is 17.8. The molecule has 1 aromatic heterocycles. The van der Waals surface area contributed by atoms with Gasteiger partial charge in [-0.3, -0.25) is 4.09 Å². The normalized spacial score (nSPS) is 15.9. The fraction of sp³-hybridized carbons (Fsp3) is 1.00. The van der Waals surface area contributed by atoms with Crippen LogP contribution in [-0.2, 0) is 5.54 Å². The van der Waals surface area contributed by atoms with Crippen LogP contribution in [0.3, 0.4) is 0 Å². The molecule has 0 bridgehead atoms. The number of hydrogen-bond acceptors (Lipinski definition) is 2. The Bertz CT molecular complexity index is 382. The molecule has 0 aromatic carbocycles. The molecule has 2 atom stereocenters. The first-order valence-corrected chi connectivity index (χ1v) is 11.6. The van der Waals surface area contributed by atoms with Gasteiger partial charge in [0.05, 0.1) is 15.0 Å². The highest BCUT2D eigenvalue weighted by Crippen LogP contribution is 2.70. The third-order valence-electron chi connectivity index (χ3n) is 3.60. The molecule has 1 rings (SSSR count). The Balaban J connectivity index is 3.33. The first-order chi connectivity index (χ1) is 9.41. The molecule has 0 aliphatic carbocycles. The van der Waals surface area contributed by atoms with Crippen LogP contribution in [0, 0.1) is 0 Å². The summed E-state index contributed by atoms with van der Waals surface area (Å²) in [5.74, 6) is 0. The van der Waals surface area contributed by atoms with E-state index in [-0.39, 0.29) is 20.6 Å². The summed E-state index contributed by atoms with van der Waals surface area (Å²) >= 11 is 0. The van der Waals surface area contributed by atoms with E-state index in [2.05, 4.69) is 89.6 Å². The Morgan fingerprint density at radius 2 is 0.857 bits per heavy atom. The van der Waals surface area contributed by atoms with E-state index in [9.17, 15) is 0 Å². The summed E-state index contributed by atoms with van der Waals surface area (Å²) in [4.78, 5) is 0. The Morgan fingerprint density at radius 1 is 0.619 bits per heavy atom. The van der Waals surface area contributed by atoms with Crippen molar-refractivity contribution in [3.8, 4) is 0 Å². The highest BCUT2D eigenvalue weighted by molar-refractivity contribution is 8.17. The molecule has 0 radical (unpaired) electrons. The van der Waals surface area contributed by atoms with Gasteiger partial charge in [0.2, 0.25) is 0 Å². The quantitative estimate of drug-likeness (QED) is 0.659. The van der Waals surface area contributed by atoms with E-state index in [1.54, 1.807) is 0 Å². The van der Waals surface area contributed by atoms with Gasteiger partial charge in [0, 0.05) is 29.7 Å². The minimum Gasteiger partial charge on any atom is -0.283 e. The first kappa shape index (κ1) is 19.4. The smallest absolute Gasteiger partial charge is 0.0822 e. The van der Waals surface area contributed by atoms with Crippen molar-refractivity contribution >= 4 is 15.0 Å². The SMILES string of the molecule is CC(C)N(C(C)C)p1n(C(C)(C)C)p1N(C(C)C)C(C)C. The van der Waals surface area contributed by atoms with Gasteiger partial charge in [0.1, 0.15) is 0 Å². The lowest BCUT2D eigenvalue weighted by Crippen LogP contribution is -2.35. The molecule has 2 unspecified atom stereocenters. The largest absolute Gasteiger partial charge is 0.283 e. The fourth-order valence-electron chi connectivity index (χ4n) is 3.05. The summed E-state index contributed by atoms with van der Waals surface area (Å²) in [5.41, 5.74) is 0.265. The Morgan fingerprint density at radius 3 is 1.00 bits per heavy atom. The number of rotatable bonds is 6. The topological polar surface area (TPSA) is 11.4 Å². The monoisotopic (exact) mass is 333 g/mol.